The standard InChI is InChI=1S/C13H11N3O3/c14-12-9(7-17)6-15-13(16-12)8-1-2-10-11(5-8)19-4-3-18-10/h1-2,5-7H,3-4H2,(H2,14,15,16). The summed E-state index contributed by atoms with van der Waals surface area (Å²) >= 11 is 0. The molecule has 0 radical (unpaired) electrons. The Hall–Kier alpha value is -2.63. The number of rotatable bonds is 2. The van der Waals surface area contributed by atoms with E-state index in [2.05, 4.69) is 9.97 Å². The number of nitrogens with two attached hydrogens (primary N) is 1. The van der Waals surface area contributed by atoms with Gasteiger partial charge in [-0.15, -0.1) is 0 Å². The zero-order valence-electron chi connectivity index (χ0n) is 10.00. The van der Waals surface area contributed by atoms with Gasteiger partial charge in [-0.2, -0.15) is 0 Å². The number of aldehydes is 1. The van der Waals surface area contributed by atoms with Gasteiger partial charge in [0.05, 0.1) is 5.56 Å². The molecule has 1 aromatic carbocycles. The molecule has 2 N–H and O–H groups in total. The van der Waals surface area contributed by atoms with E-state index in [1.165, 1.54) is 6.20 Å². The van der Waals surface area contributed by atoms with Crippen LogP contribution in [-0.4, -0.2) is 29.5 Å². The number of hydrogen-bond acceptors (Lipinski definition) is 6. The quantitative estimate of drug-likeness (QED) is 0.816. The van der Waals surface area contributed by atoms with E-state index in [-0.39, 0.29) is 11.4 Å². The van der Waals surface area contributed by atoms with Crippen LogP contribution in [0.15, 0.2) is 24.4 Å². The number of nitrogen functional groups attached to an aromatic ring is 1. The van der Waals surface area contributed by atoms with E-state index >= 15 is 0 Å². The van der Waals surface area contributed by atoms with Crippen LogP contribution >= 0.6 is 0 Å². The molecule has 0 saturated carbocycles. The number of carbonyl (C=O) groups excluding carboxylic acids is 1. The Morgan fingerprint density at radius 1 is 1.21 bits per heavy atom. The Balaban J connectivity index is 2.02. The van der Waals surface area contributed by atoms with Gasteiger partial charge in [0.1, 0.15) is 19.0 Å². The van der Waals surface area contributed by atoms with Crippen LogP contribution in [0.3, 0.4) is 0 Å². The van der Waals surface area contributed by atoms with Crippen LogP contribution in [0.1, 0.15) is 10.4 Å². The molecule has 0 aliphatic carbocycles. The lowest BCUT2D eigenvalue weighted by molar-refractivity contribution is 0.112. The molecule has 1 aliphatic heterocycles. The number of ether oxygens (including phenoxy) is 2. The van der Waals surface area contributed by atoms with Crippen LogP contribution in [0.4, 0.5) is 5.82 Å². The third-order valence-electron chi connectivity index (χ3n) is 2.78. The first-order valence-electron chi connectivity index (χ1n) is 5.75. The van der Waals surface area contributed by atoms with Gasteiger partial charge in [-0.3, -0.25) is 4.79 Å². The summed E-state index contributed by atoms with van der Waals surface area (Å²) in [5, 5.41) is 0. The van der Waals surface area contributed by atoms with E-state index in [0.717, 1.165) is 5.56 Å². The molecule has 6 heteroatoms. The first-order chi connectivity index (χ1) is 9.28. The summed E-state index contributed by atoms with van der Waals surface area (Å²) in [6, 6.07) is 5.42. The molecule has 0 saturated heterocycles. The van der Waals surface area contributed by atoms with Crippen LogP contribution in [0.2, 0.25) is 0 Å². The average molecular weight is 257 g/mol. The van der Waals surface area contributed by atoms with Crippen LogP contribution < -0.4 is 15.2 Å². The number of anilines is 1. The predicted octanol–water partition coefficient (Wildman–Crippen LogP) is 1.31. The summed E-state index contributed by atoms with van der Waals surface area (Å²) in [5.74, 6) is 1.97. The van der Waals surface area contributed by atoms with Crippen LogP contribution in [0, 0.1) is 0 Å². The first-order valence-corrected chi connectivity index (χ1v) is 5.75. The Labute approximate surface area is 109 Å². The fourth-order valence-corrected chi connectivity index (χ4v) is 1.82. The SMILES string of the molecule is Nc1nc(-c2ccc3c(c2)OCCO3)ncc1C=O. The molecule has 0 unspecified atom stereocenters. The van der Waals surface area contributed by atoms with Gasteiger partial charge >= 0.3 is 0 Å². The molecular formula is C13H11N3O3. The highest BCUT2D eigenvalue weighted by molar-refractivity contribution is 5.81. The maximum absolute atomic E-state index is 10.7. The molecule has 0 amide bonds. The van der Waals surface area contributed by atoms with Crippen molar-refractivity contribution >= 4 is 12.1 Å². The highest BCUT2D eigenvalue weighted by Gasteiger charge is 2.14. The van der Waals surface area contributed by atoms with Crippen molar-refractivity contribution < 1.29 is 14.3 Å². The average Bonchev–Trinajstić information content (AvgIpc) is 2.46. The van der Waals surface area contributed by atoms with Gasteiger partial charge in [-0.05, 0) is 18.2 Å². The van der Waals surface area contributed by atoms with E-state index in [1.54, 1.807) is 12.1 Å². The van der Waals surface area contributed by atoms with Crippen molar-refractivity contribution in [1.82, 2.24) is 9.97 Å². The fourth-order valence-electron chi connectivity index (χ4n) is 1.82. The molecule has 2 heterocycles. The molecule has 6 nitrogen and oxygen atoms in total. The monoisotopic (exact) mass is 257 g/mol. The van der Waals surface area contributed by atoms with E-state index in [1.807, 2.05) is 6.07 Å². The summed E-state index contributed by atoms with van der Waals surface area (Å²) in [6.07, 6.45) is 2.03. The highest BCUT2D eigenvalue weighted by atomic mass is 16.6. The van der Waals surface area contributed by atoms with E-state index in [4.69, 9.17) is 15.2 Å². The molecule has 1 aromatic heterocycles. The minimum Gasteiger partial charge on any atom is -0.486 e. The van der Waals surface area contributed by atoms with Crippen LogP contribution in [0.5, 0.6) is 11.5 Å². The third-order valence-corrected chi connectivity index (χ3v) is 2.78. The summed E-state index contributed by atoms with van der Waals surface area (Å²) in [6.45, 7) is 1.06. The van der Waals surface area contributed by atoms with Gasteiger partial charge < -0.3 is 15.2 Å². The van der Waals surface area contributed by atoms with Crippen molar-refractivity contribution in [2.45, 2.75) is 0 Å². The number of carbonyl (C=O) groups is 1. The lowest BCUT2D eigenvalue weighted by Crippen LogP contribution is -2.15. The van der Waals surface area contributed by atoms with Gasteiger partial charge in [0, 0.05) is 11.8 Å². The van der Waals surface area contributed by atoms with Crippen molar-refractivity contribution in [2.75, 3.05) is 18.9 Å². The Morgan fingerprint density at radius 2 is 2.00 bits per heavy atom. The second kappa shape index (κ2) is 4.56. The summed E-state index contributed by atoms with van der Waals surface area (Å²) in [7, 11) is 0. The van der Waals surface area contributed by atoms with Crippen molar-refractivity contribution in [3.8, 4) is 22.9 Å². The van der Waals surface area contributed by atoms with Crippen LogP contribution in [-0.2, 0) is 0 Å². The minimum absolute atomic E-state index is 0.162. The number of hydrogen-bond donors (Lipinski definition) is 1. The van der Waals surface area contributed by atoms with Crippen LogP contribution in [0.25, 0.3) is 11.4 Å². The molecule has 2 aromatic rings. The third kappa shape index (κ3) is 2.08. The number of aromatic nitrogens is 2. The van der Waals surface area contributed by atoms with Gasteiger partial charge in [0.25, 0.3) is 0 Å². The van der Waals surface area contributed by atoms with E-state index in [9.17, 15) is 4.79 Å². The molecule has 0 spiro atoms. The summed E-state index contributed by atoms with van der Waals surface area (Å²) < 4.78 is 10.9. The van der Waals surface area contributed by atoms with Crippen molar-refractivity contribution in [1.29, 1.82) is 0 Å². The summed E-state index contributed by atoms with van der Waals surface area (Å²) in [5.41, 5.74) is 6.71. The normalized spacial score (nSPS) is 13.1. The van der Waals surface area contributed by atoms with Crippen molar-refractivity contribution in [3.63, 3.8) is 0 Å². The molecule has 1 aliphatic rings. The molecule has 96 valence electrons. The molecular weight excluding hydrogens is 246 g/mol. The Bertz CT molecular complexity index is 643. The first kappa shape index (κ1) is 11.5. The molecule has 0 fully saturated rings. The largest absolute Gasteiger partial charge is 0.486 e. The fraction of sp³-hybridized carbons (Fsp3) is 0.154. The smallest absolute Gasteiger partial charge is 0.162 e. The second-order valence-electron chi connectivity index (χ2n) is 4.01. The number of benzene rings is 1. The predicted molar refractivity (Wildman–Crippen MR) is 68.3 cm³/mol. The molecule has 0 atom stereocenters. The Morgan fingerprint density at radius 3 is 2.74 bits per heavy atom. The zero-order valence-corrected chi connectivity index (χ0v) is 10.00. The van der Waals surface area contributed by atoms with Gasteiger partial charge in [0.2, 0.25) is 0 Å². The topological polar surface area (TPSA) is 87.3 Å². The van der Waals surface area contributed by atoms with Crippen molar-refractivity contribution in [3.05, 3.63) is 30.0 Å². The second-order valence-corrected chi connectivity index (χ2v) is 4.01. The Kier molecular flexibility index (Phi) is 2.75. The van der Waals surface area contributed by atoms with E-state index in [0.29, 0.717) is 36.8 Å². The minimum atomic E-state index is 0.162. The maximum Gasteiger partial charge on any atom is 0.162 e. The lowest BCUT2D eigenvalue weighted by atomic mass is 10.1. The zero-order chi connectivity index (χ0) is 13.2. The van der Waals surface area contributed by atoms with E-state index < -0.39 is 0 Å². The highest BCUT2D eigenvalue weighted by Crippen LogP contribution is 2.33. The maximum atomic E-state index is 10.7. The van der Waals surface area contributed by atoms with Crippen molar-refractivity contribution in [2.24, 2.45) is 0 Å². The van der Waals surface area contributed by atoms with Gasteiger partial charge in [-0.1, -0.05) is 0 Å². The molecule has 19 heavy (non-hydrogen) atoms. The summed E-state index contributed by atoms with van der Waals surface area (Å²) in [4.78, 5) is 18.9. The lowest BCUT2D eigenvalue weighted by Gasteiger charge is -2.18. The van der Waals surface area contributed by atoms with Gasteiger partial charge in [0.15, 0.2) is 23.6 Å². The number of fused-ring (bicyclic) bond motifs is 1. The number of nitrogens with zero attached hydrogens (tertiary/aromatic N) is 2. The molecule has 0 bridgehead atoms. The molecule has 3 rings (SSSR count). The van der Waals surface area contributed by atoms with Gasteiger partial charge in [-0.25, -0.2) is 9.97 Å².